The molecule has 1 heteroatoms. The van der Waals surface area contributed by atoms with Gasteiger partial charge in [-0.1, -0.05) is 0 Å². The van der Waals surface area contributed by atoms with Crippen molar-refractivity contribution in [3.63, 3.8) is 0 Å². The van der Waals surface area contributed by atoms with Crippen molar-refractivity contribution < 1.29 is 0 Å². The first kappa shape index (κ1) is 11.5. The Kier molecular flexibility index (Phi) is 3.91. The van der Waals surface area contributed by atoms with Gasteiger partial charge in [0.25, 0.3) is 0 Å². The average Bonchev–Trinajstić information content (AvgIpc) is 2.16. The van der Waals surface area contributed by atoms with E-state index in [4.69, 9.17) is 0 Å². The Morgan fingerprint density at radius 3 is 2.21 bits per heavy atom. The monoisotopic (exact) mass is 188 g/mol. The molecule has 1 aromatic rings. The van der Waals surface area contributed by atoms with Gasteiger partial charge < -0.3 is 0 Å². The topological polar surface area (TPSA) is 0 Å². The second kappa shape index (κ2) is 4.77. The Morgan fingerprint density at radius 2 is 1.79 bits per heavy atom. The fourth-order valence-electron chi connectivity index (χ4n) is 2.15. The van der Waals surface area contributed by atoms with Crippen LogP contribution in [0.2, 0.25) is 0 Å². The zero-order chi connectivity index (χ0) is 10.7. The summed E-state index contributed by atoms with van der Waals surface area (Å²) < 4.78 is 0. The van der Waals surface area contributed by atoms with E-state index in [-0.39, 0.29) is 0 Å². The molecule has 0 bridgehead atoms. The summed E-state index contributed by atoms with van der Waals surface area (Å²) in [5, 5.41) is 0. The van der Waals surface area contributed by atoms with Crippen molar-refractivity contribution in [2.24, 2.45) is 0 Å². The summed E-state index contributed by atoms with van der Waals surface area (Å²) in [6, 6.07) is 2.28. The van der Waals surface area contributed by atoms with Crippen molar-refractivity contribution >= 4 is 6.91 Å². The molecule has 0 spiro atoms. The molecule has 0 saturated heterocycles. The summed E-state index contributed by atoms with van der Waals surface area (Å²) in [5.41, 5.74) is 4.62. The summed E-state index contributed by atoms with van der Waals surface area (Å²) in [6.45, 7) is 13.6. The Hall–Kier alpha value is -0.585. The van der Waals surface area contributed by atoms with Crippen LogP contribution in [0.15, 0.2) is 12.0 Å². The fourth-order valence-corrected chi connectivity index (χ4v) is 2.15. The molecule has 0 unspecified atom stereocenters. The van der Waals surface area contributed by atoms with Crippen LogP contribution in [0.1, 0.15) is 63.0 Å². The van der Waals surface area contributed by atoms with Gasteiger partial charge in [-0.25, -0.2) is 0 Å². The maximum absolute atomic E-state index is 2.29. The first-order valence-electron chi connectivity index (χ1n) is 5.69. The molecular weight excluding hydrogens is 167 g/mol. The third-order valence-corrected chi connectivity index (χ3v) is 2.81. The molecule has 0 atom stereocenters. The number of rotatable bonds is 3. The third-order valence-electron chi connectivity index (χ3n) is 2.81. The van der Waals surface area contributed by atoms with Crippen LogP contribution < -0.4 is 0 Å². The van der Waals surface area contributed by atoms with E-state index in [0.717, 1.165) is 6.42 Å². The maximum atomic E-state index is 2.29. The summed E-state index contributed by atoms with van der Waals surface area (Å²) in [5.74, 6) is 3.47. The van der Waals surface area contributed by atoms with E-state index < -0.39 is 0 Å². The molecule has 1 aromatic heterocycles. The minimum absolute atomic E-state index is 0.638. The first-order chi connectivity index (χ1) is 6.57. The van der Waals surface area contributed by atoms with Crippen LogP contribution in [0.4, 0.5) is 0 Å². The second-order valence-corrected chi connectivity index (χ2v) is 4.58. The standard InChI is InChI=1S/C13H21B/c1-6-12-13(10(4)5)11(9(2)3)7-8-14-12/h7-10H,6H2,1-5H3. The van der Waals surface area contributed by atoms with Crippen molar-refractivity contribution in [3.05, 3.63) is 28.6 Å². The molecule has 0 aliphatic carbocycles. The SMILES string of the molecule is CCc1bccc(C(C)C)c1C(C)C. The van der Waals surface area contributed by atoms with Gasteiger partial charge in [0.15, 0.2) is 0 Å². The van der Waals surface area contributed by atoms with Crippen molar-refractivity contribution in [1.29, 1.82) is 0 Å². The Labute approximate surface area is 89.0 Å². The number of aryl methyl sites for hydroxylation is 1. The number of hydrogen-bond donors (Lipinski definition) is 0. The molecule has 0 radical (unpaired) electrons. The van der Waals surface area contributed by atoms with Crippen molar-refractivity contribution in [1.82, 2.24) is 0 Å². The summed E-state index contributed by atoms with van der Waals surface area (Å²) in [6.07, 6.45) is 1.15. The molecule has 0 N–H and O–H groups in total. The van der Waals surface area contributed by atoms with Gasteiger partial charge in [0.05, 0.1) is 0 Å². The zero-order valence-electron chi connectivity index (χ0n) is 10.1. The van der Waals surface area contributed by atoms with Gasteiger partial charge in [-0.05, 0) is 0 Å². The molecule has 0 aliphatic rings. The van der Waals surface area contributed by atoms with Crippen LogP contribution in [0.25, 0.3) is 0 Å². The van der Waals surface area contributed by atoms with Crippen molar-refractivity contribution in [3.8, 4) is 0 Å². The van der Waals surface area contributed by atoms with E-state index in [1.807, 2.05) is 0 Å². The molecule has 0 amide bonds. The Morgan fingerprint density at radius 1 is 1.14 bits per heavy atom. The Balaban J connectivity index is 3.28. The van der Waals surface area contributed by atoms with Gasteiger partial charge in [-0.2, -0.15) is 0 Å². The predicted molar refractivity (Wildman–Crippen MR) is 65.3 cm³/mol. The van der Waals surface area contributed by atoms with E-state index in [2.05, 4.69) is 53.6 Å². The molecular formula is C13H21B. The Bertz CT molecular complexity index is 300. The van der Waals surface area contributed by atoms with E-state index >= 15 is 0 Å². The molecule has 76 valence electrons. The van der Waals surface area contributed by atoms with Crippen molar-refractivity contribution in [2.45, 2.75) is 52.9 Å². The van der Waals surface area contributed by atoms with Crippen molar-refractivity contribution in [2.75, 3.05) is 0 Å². The van der Waals surface area contributed by atoms with E-state index in [0.29, 0.717) is 11.8 Å². The summed E-state index contributed by atoms with van der Waals surface area (Å²) in [4.78, 5) is 0. The van der Waals surface area contributed by atoms with Gasteiger partial charge in [-0.15, -0.1) is 0 Å². The second-order valence-electron chi connectivity index (χ2n) is 4.58. The van der Waals surface area contributed by atoms with Crippen LogP contribution >= 0.6 is 0 Å². The molecule has 0 aliphatic heterocycles. The van der Waals surface area contributed by atoms with E-state index in [9.17, 15) is 0 Å². The van der Waals surface area contributed by atoms with Gasteiger partial charge in [0.2, 0.25) is 0 Å². The van der Waals surface area contributed by atoms with Gasteiger partial charge >= 0.3 is 88.4 Å². The summed E-state index contributed by atoms with van der Waals surface area (Å²) in [7, 11) is 0. The molecule has 0 aromatic carbocycles. The number of hydrogen-bond acceptors (Lipinski definition) is 0. The average molecular weight is 188 g/mol. The van der Waals surface area contributed by atoms with Crippen LogP contribution in [-0.4, -0.2) is 6.91 Å². The van der Waals surface area contributed by atoms with Gasteiger partial charge in [-0.3, -0.25) is 0 Å². The third kappa shape index (κ3) is 2.26. The molecule has 1 heterocycles. The van der Waals surface area contributed by atoms with Crippen LogP contribution in [-0.2, 0) is 6.42 Å². The van der Waals surface area contributed by atoms with E-state index in [1.54, 1.807) is 5.56 Å². The predicted octanol–water partition coefficient (Wildman–Crippen LogP) is 3.83. The normalized spacial score (nSPS) is 11.1. The quantitative estimate of drug-likeness (QED) is 0.676. The molecule has 1 rings (SSSR count). The molecule has 0 nitrogen and oxygen atoms in total. The van der Waals surface area contributed by atoms with Crippen LogP contribution in [0, 0.1) is 0 Å². The molecule has 14 heavy (non-hydrogen) atoms. The van der Waals surface area contributed by atoms with Gasteiger partial charge in [0.1, 0.15) is 0 Å². The van der Waals surface area contributed by atoms with Gasteiger partial charge in [0, 0.05) is 0 Å². The first-order valence-corrected chi connectivity index (χ1v) is 5.69. The minimum atomic E-state index is 0.638. The molecule has 0 fully saturated rings. The van der Waals surface area contributed by atoms with E-state index in [1.165, 1.54) is 11.0 Å². The zero-order valence-corrected chi connectivity index (χ0v) is 10.1. The summed E-state index contributed by atoms with van der Waals surface area (Å²) >= 11 is 0. The van der Waals surface area contributed by atoms with Crippen LogP contribution in [0.5, 0.6) is 0 Å². The fraction of sp³-hybridized carbons (Fsp3) is 0.615. The molecule has 0 saturated carbocycles. The van der Waals surface area contributed by atoms with Crippen LogP contribution in [0.3, 0.4) is 0 Å².